The zero-order chi connectivity index (χ0) is 15.4. The Morgan fingerprint density at radius 2 is 2.41 bits per heavy atom. The minimum absolute atomic E-state index is 0.128. The van der Waals surface area contributed by atoms with Crippen LogP contribution in [0.1, 0.15) is 54.5 Å². The van der Waals surface area contributed by atoms with Crippen LogP contribution in [-0.2, 0) is 4.79 Å². The van der Waals surface area contributed by atoms with Crippen LogP contribution in [0.3, 0.4) is 0 Å². The third kappa shape index (κ3) is 3.47. The molecule has 2 fully saturated rings. The largest absolute Gasteiger partial charge is 0.446 e. The summed E-state index contributed by atoms with van der Waals surface area (Å²) in [5.74, 6) is 0.586. The SMILES string of the molecule is O=C(NCCCN1CCCC1=O)c1coc(C2CCCN2)n1. The van der Waals surface area contributed by atoms with Crippen molar-refractivity contribution < 1.29 is 14.0 Å². The van der Waals surface area contributed by atoms with Crippen LogP contribution in [0, 0.1) is 0 Å². The molecule has 2 saturated heterocycles. The van der Waals surface area contributed by atoms with E-state index >= 15 is 0 Å². The maximum atomic E-state index is 12.0. The topological polar surface area (TPSA) is 87.5 Å². The molecule has 1 aromatic rings. The summed E-state index contributed by atoms with van der Waals surface area (Å²) >= 11 is 0. The predicted octanol–water partition coefficient (Wildman–Crippen LogP) is 0.841. The molecule has 0 radical (unpaired) electrons. The third-order valence-electron chi connectivity index (χ3n) is 4.17. The molecule has 0 saturated carbocycles. The van der Waals surface area contributed by atoms with Gasteiger partial charge in [-0.05, 0) is 32.2 Å². The van der Waals surface area contributed by atoms with E-state index in [2.05, 4.69) is 15.6 Å². The van der Waals surface area contributed by atoms with Gasteiger partial charge in [0, 0.05) is 26.1 Å². The molecule has 22 heavy (non-hydrogen) atoms. The molecule has 7 heteroatoms. The number of carbonyl (C=O) groups is 2. The van der Waals surface area contributed by atoms with E-state index in [0.29, 0.717) is 31.1 Å². The highest BCUT2D eigenvalue weighted by Crippen LogP contribution is 2.22. The Bertz CT molecular complexity index is 537. The lowest BCUT2D eigenvalue weighted by molar-refractivity contribution is -0.127. The van der Waals surface area contributed by atoms with Crippen LogP contribution in [0.2, 0.25) is 0 Å². The third-order valence-corrected chi connectivity index (χ3v) is 4.17. The summed E-state index contributed by atoms with van der Waals surface area (Å²) in [5, 5.41) is 6.11. The van der Waals surface area contributed by atoms with E-state index in [4.69, 9.17) is 4.42 Å². The number of oxazole rings is 1. The van der Waals surface area contributed by atoms with E-state index in [1.807, 2.05) is 4.90 Å². The number of hydrogen-bond acceptors (Lipinski definition) is 5. The zero-order valence-corrected chi connectivity index (χ0v) is 12.6. The van der Waals surface area contributed by atoms with Crippen molar-refractivity contribution in [3.8, 4) is 0 Å². The number of rotatable bonds is 6. The highest BCUT2D eigenvalue weighted by atomic mass is 16.3. The molecule has 0 aromatic carbocycles. The van der Waals surface area contributed by atoms with Crippen molar-refractivity contribution in [2.45, 2.75) is 38.1 Å². The molecule has 0 spiro atoms. The van der Waals surface area contributed by atoms with Crippen molar-refractivity contribution >= 4 is 11.8 Å². The number of carbonyl (C=O) groups excluding carboxylic acids is 2. The summed E-state index contributed by atoms with van der Waals surface area (Å²) in [4.78, 5) is 29.6. The molecule has 1 aromatic heterocycles. The summed E-state index contributed by atoms with van der Waals surface area (Å²) in [6.45, 7) is 3.04. The van der Waals surface area contributed by atoms with E-state index in [-0.39, 0.29) is 17.9 Å². The monoisotopic (exact) mass is 306 g/mol. The lowest BCUT2D eigenvalue weighted by Crippen LogP contribution is -2.30. The first-order valence-corrected chi connectivity index (χ1v) is 7.99. The van der Waals surface area contributed by atoms with Gasteiger partial charge in [0.1, 0.15) is 6.26 Å². The van der Waals surface area contributed by atoms with Crippen LogP contribution in [0.5, 0.6) is 0 Å². The maximum absolute atomic E-state index is 12.0. The van der Waals surface area contributed by atoms with Crippen molar-refractivity contribution in [3.05, 3.63) is 17.8 Å². The van der Waals surface area contributed by atoms with Crippen molar-refractivity contribution in [1.82, 2.24) is 20.5 Å². The molecule has 1 atom stereocenters. The van der Waals surface area contributed by atoms with Gasteiger partial charge in [-0.25, -0.2) is 4.98 Å². The molecule has 120 valence electrons. The molecule has 3 rings (SSSR count). The van der Waals surface area contributed by atoms with E-state index in [1.165, 1.54) is 6.26 Å². The Balaban J connectivity index is 1.41. The van der Waals surface area contributed by atoms with Crippen LogP contribution < -0.4 is 10.6 Å². The van der Waals surface area contributed by atoms with Gasteiger partial charge in [-0.2, -0.15) is 0 Å². The Morgan fingerprint density at radius 3 is 3.14 bits per heavy atom. The van der Waals surface area contributed by atoms with Crippen LogP contribution in [0.4, 0.5) is 0 Å². The first kappa shape index (κ1) is 15.0. The maximum Gasteiger partial charge on any atom is 0.273 e. The fraction of sp³-hybridized carbons (Fsp3) is 0.667. The smallest absolute Gasteiger partial charge is 0.273 e. The summed E-state index contributed by atoms with van der Waals surface area (Å²) in [6, 6.07) is 0.128. The van der Waals surface area contributed by atoms with Crippen molar-refractivity contribution in [2.75, 3.05) is 26.2 Å². The van der Waals surface area contributed by atoms with E-state index < -0.39 is 0 Å². The molecule has 2 N–H and O–H groups in total. The van der Waals surface area contributed by atoms with Gasteiger partial charge in [0.2, 0.25) is 11.8 Å². The summed E-state index contributed by atoms with van der Waals surface area (Å²) in [5.41, 5.74) is 0.320. The number of nitrogens with zero attached hydrogens (tertiary/aromatic N) is 2. The van der Waals surface area contributed by atoms with Gasteiger partial charge in [-0.1, -0.05) is 0 Å². The second-order valence-corrected chi connectivity index (χ2v) is 5.81. The van der Waals surface area contributed by atoms with Crippen molar-refractivity contribution in [1.29, 1.82) is 0 Å². The predicted molar refractivity (Wildman–Crippen MR) is 79.2 cm³/mol. The molecule has 2 amide bonds. The molecule has 2 aliphatic rings. The minimum atomic E-state index is -0.222. The lowest BCUT2D eigenvalue weighted by atomic mass is 10.2. The molecule has 7 nitrogen and oxygen atoms in total. The van der Waals surface area contributed by atoms with Gasteiger partial charge in [0.25, 0.3) is 5.91 Å². The molecular formula is C15H22N4O3. The Hall–Kier alpha value is -1.89. The molecular weight excluding hydrogens is 284 g/mol. The van der Waals surface area contributed by atoms with Gasteiger partial charge >= 0.3 is 0 Å². The summed E-state index contributed by atoms with van der Waals surface area (Å²) in [7, 11) is 0. The second-order valence-electron chi connectivity index (χ2n) is 5.81. The van der Waals surface area contributed by atoms with Gasteiger partial charge in [0.05, 0.1) is 6.04 Å². The molecule has 0 aliphatic carbocycles. The van der Waals surface area contributed by atoms with E-state index in [9.17, 15) is 9.59 Å². The minimum Gasteiger partial charge on any atom is -0.446 e. The number of amides is 2. The quantitative estimate of drug-likeness (QED) is 0.761. The fourth-order valence-corrected chi connectivity index (χ4v) is 2.95. The average molecular weight is 306 g/mol. The molecule has 2 aliphatic heterocycles. The zero-order valence-electron chi connectivity index (χ0n) is 12.6. The Labute approximate surface area is 129 Å². The Kier molecular flexibility index (Phi) is 4.72. The molecule has 0 bridgehead atoms. The van der Waals surface area contributed by atoms with Gasteiger partial charge in [-0.3, -0.25) is 9.59 Å². The average Bonchev–Trinajstić information content (AvgIpc) is 3.24. The standard InChI is InChI=1S/C15H22N4O3/c20-13-5-2-8-19(13)9-3-7-17-14(21)12-10-22-15(18-12)11-4-1-6-16-11/h10-11,16H,1-9H2,(H,17,21). The fourth-order valence-electron chi connectivity index (χ4n) is 2.95. The van der Waals surface area contributed by atoms with Crippen LogP contribution in [0.25, 0.3) is 0 Å². The van der Waals surface area contributed by atoms with Gasteiger partial charge in [0.15, 0.2) is 5.69 Å². The first-order chi connectivity index (χ1) is 10.7. The lowest BCUT2D eigenvalue weighted by Gasteiger charge is -2.14. The number of hydrogen-bond donors (Lipinski definition) is 2. The van der Waals surface area contributed by atoms with Gasteiger partial charge in [-0.15, -0.1) is 0 Å². The number of nitrogens with one attached hydrogen (secondary N) is 2. The normalized spacial score (nSPS) is 21.5. The molecule has 1 unspecified atom stereocenters. The highest BCUT2D eigenvalue weighted by Gasteiger charge is 2.23. The summed E-state index contributed by atoms with van der Waals surface area (Å²) in [6.07, 6.45) is 5.86. The van der Waals surface area contributed by atoms with Crippen LogP contribution in [0.15, 0.2) is 10.7 Å². The van der Waals surface area contributed by atoms with Crippen molar-refractivity contribution in [3.63, 3.8) is 0 Å². The number of likely N-dealkylation sites (tertiary alicyclic amines) is 1. The van der Waals surface area contributed by atoms with Crippen LogP contribution in [-0.4, -0.2) is 47.9 Å². The van der Waals surface area contributed by atoms with Crippen LogP contribution >= 0.6 is 0 Å². The highest BCUT2D eigenvalue weighted by molar-refractivity contribution is 5.91. The van der Waals surface area contributed by atoms with Crippen molar-refractivity contribution in [2.24, 2.45) is 0 Å². The van der Waals surface area contributed by atoms with E-state index in [0.717, 1.165) is 38.8 Å². The van der Waals surface area contributed by atoms with E-state index in [1.54, 1.807) is 0 Å². The second kappa shape index (κ2) is 6.91. The number of aromatic nitrogens is 1. The van der Waals surface area contributed by atoms with Gasteiger partial charge < -0.3 is 20.0 Å². The first-order valence-electron chi connectivity index (χ1n) is 7.99. The Morgan fingerprint density at radius 1 is 1.50 bits per heavy atom. The summed E-state index contributed by atoms with van der Waals surface area (Å²) < 4.78 is 5.38. The molecule has 3 heterocycles.